The quantitative estimate of drug-likeness (QED) is 0.655. The largest absolute Gasteiger partial charge is 0.465 e. The molecule has 0 radical (unpaired) electrons. The Balaban J connectivity index is 0.000000221. The first-order valence-corrected chi connectivity index (χ1v) is 10.0. The van der Waals surface area contributed by atoms with Gasteiger partial charge in [0.1, 0.15) is 5.82 Å². The minimum Gasteiger partial charge on any atom is -0.465 e. The van der Waals surface area contributed by atoms with Crippen LogP contribution in [0.15, 0.2) is 53.4 Å². The van der Waals surface area contributed by atoms with Crippen LogP contribution in [0.1, 0.15) is 23.5 Å². The molecule has 152 valence electrons. The number of nitrogens with two attached hydrogens (primary N) is 1. The minimum atomic E-state index is -4.02. The molecule has 1 aliphatic rings. The van der Waals surface area contributed by atoms with Gasteiger partial charge in [-0.25, -0.2) is 9.18 Å². The molecule has 0 saturated carbocycles. The molecule has 0 aromatic heterocycles. The van der Waals surface area contributed by atoms with Crippen molar-refractivity contribution >= 4 is 16.2 Å². The maximum absolute atomic E-state index is 12.8. The number of benzene rings is 2. The van der Waals surface area contributed by atoms with E-state index in [1.807, 2.05) is 6.92 Å². The van der Waals surface area contributed by atoms with Gasteiger partial charge in [0.05, 0.1) is 4.90 Å². The highest BCUT2D eigenvalue weighted by molar-refractivity contribution is 7.85. The summed E-state index contributed by atoms with van der Waals surface area (Å²) in [5.74, 6) is -0.353. The van der Waals surface area contributed by atoms with Gasteiger partial charge in [-0.1, -0.05) is 29.8 Å². The normalized spacial score (nSPS) is 19.5. The Hall–Kier alpha value is -2.49. The fraction of sp³-hybridized carbons (Fsp3) is 0.316. The maximum atomic E-state index is 12.8. The van der Waals surface area contributed by atoms with Crippen LogP contribution in [-0.4, -0.2) is 48.2 Å². The van der Waals surface area contributed by atoms with Gasteiger partial charge in [-0.15, -0.1) is 0 Å². The molecule has 9 heteroatoms. The van der Waals surface area contributed by atoms with Gasteiger partial charge in [-0.05, 0) is 43.2 Å². The van der Waals surface area contributed by atoms with Crippen LogP contribution in [0.5, 0.6) is 0 Å². The topological polar surface area (TPSA) is 121 Å². The van der Waals surface area contributed by atoms with Gasteiger partial charge in [0.2, 0.25) is 0 Å². The van der Waals surface area contributed by atoms with Gasteiger partial charge >= 0.3 is 6.09 Å². The monoisotopic (exact) mass is 410 g/mol. The molecule has 0 spiro atoms. The smallest absolute Gasteiger partial charge is 0.407 e. The molecule has 7 nitrogen and oxygen atoms in total. The summed E-state index contributed by atoms with van der Waals surface area (Å²) in [4.78, 5) is 12.2. The molecular weight excluding hydrogens is 387 g/mol. The van der Waals surface area contributed by atoms with Gasteiger partial charge in [0.25, 0.3) is 10.1 Å². The molecule has 3 rings (SSSR count). The number of carbonyl (C=O) groups is 1. The first-order valence-electron chi connectivity index (χ1n) is 8.61. The van der Waals surface area contributed by atoms with E-state index in [2.05, 4.69) is 0 Å². The summed E-state index contributed by atoms with van der Waals surface area (Å²) in [7, 11) is -4.02. The second-order valence-electron chi connectivity index (χ2n) is 6.63. The Kier molecular flexibility index (Phi) is 7.11. The van der Waals surface area contributed by atoms with Gasteiger partial charge in [0.15, 0.2) is 0 Å². The van der Waals surface area contributed by atoms with E-state index < -0.39 is 16.2 Å². The lowest BCUT2D eigenvalue weighted by Gasteiger charge is -2.35. The number of hydrogen-bond acceptors (Lipinski definition) is 4. The summed E-state index contributed by atoms with van der Waals surface area (Å²) in [6.07, 6.45) is -0.294. The van der Waals surface area contributed by atoms with E-state index in [9.17, 15) is 17.6 Å². The molecule has 0 aliphatic carbocycles. The first-order chi connectivity index (χ1) is 13.1. The molecule has 0 unspecified atom stereocenters. The van der Waals surface area contributed by atoms with E-state index >= 15 is 0 Å². The third kappa shape index (κ3) is 6.01. The van der Waals surface area contributed by atoms with Crippen molar-refractivity contribution < 1.29 is 27.3 Å². The first kappa shape index (κ1) is 21.8. The van der Waals surface area contributed by atoms with Crippen molar-refractivity contribution in [2.75, 3.05) is 13.1 Å². The fourth-order valence-electron chi connectivity index (χ4n) is 2.92. The highest BCUT2D eigenvalue weighted by atomic mass is 32.2. The van der Waals surface area contributed by atoms with Gasteiger partial charge < -0.3 is 15.7 Å². The molecule has 0 bridgehead atoms. The zero-order valence-corrected chi connectivity index (χ0v) is 16.1. The maximum Gasteiger partial charge on any atom is 0.407 e. The lowest BCUT2D eigenvalue weighted by molar-refractivity contribution is 0.126. The molecule has 1 aliphatic heterocycles. The summed E-state index contributed by atoms with van der Waals surface area (Å²) in [6, 6.07) is 12.0. The van der Waals surface area contributed by atoms with E-state index in [0.717, 1.165) is 11.1 Å². The van der Waals surface area contributed by atoms with E-state index in [0.29, 0.717) is 19.5 Å². The number of hydrogen-bond donors (Lipinski definition) is 3. The van der Waals surface area contributed by atoms with Crippen molar-refractivity contribution in [1.29, 1.82) is 0 Å². The van der Waals surface area contributed by atoms with Crippen molar-refractivity contribution in [3.05, 3.63) is 65.5 Å². The summed E-state index contributed by atoms with van der Waals surface area (Å²) < 4.78 is 42.4. The van der Waals surface area contributed by atoms with Gasteiger partial charge in [0, 0.05) is 25.0 Å². The highest BCUT2D eigenvalue weighted by Crippen LogP contribution is 2.26. The van der Waals surface area contributed by atoms with Crippen LogP contribution in [0, 0.1) is 12.7 Å². The van der Waals surface area contributed by atoms with Crippen LogP contribution in [0.2, 0.25) is 0 Å². The van der Waals surface area contributed by atoms with Gasteiger partial charge in [-0.2, -0.15) is 8.42 Å². The van der Waals surface area contributed by atoms with Crippen molar-refractivity contribution in [2.24, 2.45) is 5.73 Å². The summed E-state index contributed by atoms with van der Waals surface area (Å²) >= 11 is 0. The Labute approximate surface area is 163 Å². The molecule has 28 heavy (non-hydrogen) atoms. The minimum absolute atomic E-state index is 0.0551. The number of likely N-dealkylation sites (tertiary alicyclic amines) is 1. The fourth-order valence-corrected chi connectivity index (χ4v) is 3.40. The Morgan fingerprint density at radius 3 is 2.21 bits per heavy atom. The number of halogens is 1. The second-order valence-corrected chi connectivity index (χ2v) is 8.05. The lowest BCUT2D eigenvalue weighted by atomic mass is 9.87. The molecule has 2 atom stereocenters. The van der Waals surface area contributed by atoms with Crippen molar-refractivity contribution in [2.45, 2.75) is 30.2 Å². The van der Waals surface area contributed by atoms with E-state index in [4.69, 9.17) is 15.4 Å². The van der Waals surface area contributed by atoms with E-state index in [1.54, 1.807) is 24.3 Å². The number of nitrogens with zero attached hydrogens (tertiary/aromatic N) is 1. The summed E-state index contributed by atoms with van der Waals surface area (Å²) in [5.41, 5.74) is 7.85. The number of rotatable bonds is 2. The molecule has 4 N–H and O–H groups in total. The standard InChI is InChI=1S/C12H15FN2O2.C7H8O3S/c13-9-3-1-8(2-4-9)10-7-15(12(16)17)6-5-11(10)14;1-6-2-4-7(5-3-6)11(8,9)10/h1-4,10-11H,5-7,14H2,(H,16,17);2-5H,1H3,(H,8,9,10)/t10-,11-;/m0./s1. The summed E-state index contributed by atoms with van der Waals surface area (Å²) in [6.45, 7) is 2.68. The third-order valence-electron chi connectivity index (χ3n) is 4.55. The molecule has 2 aromatic rings. The molecule has 2 aromatic carbocycles. The predicted octanol–water partition coefficient (Wildman–Crippen LogP) is 2.86. The van der Waals surface area contributed by atoms with Crippen molar-refractivity contribution in [3.8, 4) is 0 Å². The molecule has 1 fully saturated rings. The van der Waals surface area contributed by atoms with Crippen LogP contribution in [0.3, 0.4) is 0 Å². The van der Waals surface area contributed by atoms with Crippen molar-refractivity contribution in [1.82, 2.24) is 4.90 Å². The van der Waals surface area contributed by atoms with Crippen LogP contribution in [0.4, 0.5) is 9.18 Å². The van der Waals surface area contributed by atoms with Crippen LogP contribution >= 0.6 is 0 Å². The number of carboxylic acid groups (broad SMARTS) is 1. The Morgan fingerprint density at radius 1 is 1.14 bits per heavy atom. The van der Waals surface area contributed by atoms with Gasteiger partial charge in [-0.3, -0.25) is 4.55 Å². The zero-order chi connectivity index (χ0) is 20.9. The Bertz CT molecular complexity index is 901. The Morgan fingerprint density at radius 2 is 1.71 bits per heavy atom. The third-order valence-corrected chi connectivity index (χ3v) is 5.42. The predicted molar refractivity (Wildman–Crippen MR) is 102 cm³/mol. The number of piperidine rings is 1. The number of aryl methyl sites for hydroxylation is 1. The molecule has 1 saturated heterocycles. The summed E-state index contributed by atoms with van der Waals surface area (Å²) in [5, 5.41) is 8.96. The van der Waals surface area contributed by atoms with E-state index in [1.165, 1.54) is 29.2 Å². The number of amides is 1. The lowest BCUT2D eigenvalue weighted by Crippen LogP contribution is -2.47. The molecule has 1 amide bonds. The average molecular weight is 410 g/mol. The average Bonchev–Trinajstić information content (AvgIpc) is 2.63. The van der Waals surface area contributed by atoms with Crippen LogP contribution < -0.4 is 5.73 Å². The van der Waals surface area contributed by atoms with E-state index in [-0.39, 0.29) is 22.7 Å². The zero-order valence-electron chi connectivity index (χ0n) is 15.3. The second kappa shape index (κ2) is 9.13. The van der Waals surface area contributed by atoms with Crippen LogP contribution in [-0.2, 0) is 10.1 Å². The SMILES string of the molecule is Cc1ccc(S(=O)(=O)O)cc1.N[C@H]1CCN(C(=O)O)C[C@H]1c1ccc(F)cc1. The highest BCUT2D eigenvalue weighted by Gasteiger charge is 2.30. The van der Waals surface area contributed by atoms with Crippen LogP contribution in [0.25, 0.3) is 0 Å². The molecular formula is C19H23FN2O5S. The van der Waals surface area contributed by atoms with Crippen molar-refractivity contribution in [3.63, 3.8) is 0 Å². The molecule has 1 heterocycles.